The molecule has 5 aromatic rings. The van der Waals surface area contributed by atoms with E-state index in [1.165, 1.54) is 23.1 Å². The number of thioether (sulfide) groups is 1. The summed E-state index contributed by atoms with van der Waals surface area (Å²) in [5.74, 6) is -0.278. The summed E-state index contributed by atoms with van der Waals surface area (Å²) < 4.78 is 5.71. The third-order valence-electron chi connectivity index (χ3n) is 6.62. The first-order chi connectivity index (χ1) is 22.4. The van der Waals surface area contributed by atoms with Gasteiger partial charge in [0.2, 0.25) is 5.91 Å². The van der Waals surface area contributed by atoms with Crippen LogP contribution in [0, 0.1) is 6.92 Å². The molecule has 0 saturated heterocycles. The number of carbonyl (C=O) groups is 3. The molecule has 4 aromatic carbocycles. The van der Waals surface area contributed by atoms with Gasteiger partial charge in [-0.25, -0.2) is 4.98 Å². The molecule has 3 amide bonds. The Bertz CT molecular complexity index is 1840. The average molecular weight is 649 g/mol. The number of nitrogens with zero attached hydrogens (tertiary/aromatic N) is 1. The summed E-state index contributed by atoms with van der Waals surface area (Å²) in [6.07, 6.45) is 1.59. The molecule has 46 heavy (non-hydrogen) atoms. The summed E-state index contributed by atoms with van der Waals surface area (Å²) in [6, 6.07) is 33.0. The van der Waals surface area contributed by atoms with Gasteiger partial charge >= 0.3 is 0 Å². The number of aryl methyl sites for hydroxylation is 1. The lowest BCUT2D eigenvalue weighted by atomic mass is 10.1. The van der Waals surface area contributed by atoms with E-state index in [1.807, 2.05) is 80.6 Å². The highest BCUT2D eigenvalue weighted by Gasteiger charge is 2.17. The van der Waals surface area contributed by atoms with Crippen molar-refractivity contribution in [3.8, 4) is 17.0 Å². The fourth-order valence-electron chi connectivity index (χ4n) is 4.44. The second-order valence-corrected chi connectivity index (χ2v) is 12.2. The number of ether oxygens (including phenoxy) is 1. The largest absolute Gasteiger partial charge is 0.493 e. The van der Waals surface area contributed by atoms with E-state index >= 15 is 0 Å². The fraction of sp³-hybridized carbons (Fsp3) is 0.111. The van der Waals surface area contributed by atoms with Gasteiger partial charge in [-0.15, -0.1) is 23.1 Å². The van der Waals surface area contributed by atoms with E-state index in [4.69, 9.17) is 4.74 Å². The summed E-state index contributed by atoms with van der Waals surface area (Å²) >= 11 is 2.82. The van der Waals surface area contributed by atoms with E-state index in [2.05, 4.69) is 20.9 Å². The summed E-state index contributed by atoms with van der Waals surface area (Å²) in [7, 11) is 0. The van der Waals surface area contributed by atoms with Crippen LogP contribution in [0.3, 0.4) is 0 Å². The smallest absolute Gasteiger partial charge is 0.272 e. The third-order valence-corrected chi connectivity index (χ3v) is 8.52. The Kier molecular flexibility index (Phi) is 11.0. The van der Waals surface area contributed by atoms with Crippen molar-refractivity contribution in [1.82, 2.24) is 10.3 Å². The van der Waals surface area contributed by atoms with Crippen LogP contribution in [0.25, 0.3) is 17.3 Å². The van der Waals surface area contributed by atoms with Crippen molar-refractivity contribution in [2.24, 2.45) is 0 Å². The zero-order valence-electron chi connectivity index (χ0n) is 25.3. The number of amides is 3. The molecule has 5 rings (SSSR count). The fourth-order valence-corrected chi connectivity index (χ4v) is 5.99. The Morgan fingerprint density at radius 1 is 0.848 bits per heavy atom. The predicted molar refractivity (Wildman–Crippen MR) is 186 cm³/mol. The summed E-state index contributed by atoms with van der Waals surface area (Å²) in [4.78, 5) is 45.6. The number of aromatic nitrogens is 1. The van der Waals surface area contributed by atoms with E-state index in [-0.39, 0.29) is 17.4 Å². The molecule has 232 valence electrons. The van der Waals surface area contributed by atoms with E-state index < -0.39 is 11.8 Å². The lowest BCUT2D eigenvalue weighted by Crippen LogP contribution is -2.30. The molecule has 0 fully saturated rings. The highest BCUT2D eigenvalue weighted by molar-refractivity contribution is 8.00. The van der Waals surface area contributed by atoms with Gasteiger partial charge in [-0.3, -0.25) is 14.4 Å². The SMILES string of the molecule is CCOc1ccccc1/C=C(\NC(=O)c1ccccc1)C(=O)Nc1ccc(SCC(=O)Nc2nc(-c3ccccc3)c(C)s2)cc1. The van der Waals surface area contributed by atoms with Crippen LogP contribution >= 0.6 is 23.1 Å². The molecule has 0 aliphatic heterocycles. The van der Waals surface area contributed by atoms with Crippen LogP contribution in [0.1, 0.15) is 27.7 Å². The van der Waals surface area contributed by atoms with Gasteiger partial charge in [0.1, 0.15) is 11.4 Å². The molecule has 0 radical (unpaired) electrons. The van der Waals surface area contributed by atoms with Gasteiger partial charge in [-0.2, -0.15) is 0 Å². The minimum absolute atomic E-state index is 0.0592. The number of rotatable bonds is 12. The van der Waals surface area contributed by atoms with Gasteiger partial charge in [-0.1, -0.05) is 66.7 Å². The first-order valence-electron chi connectivity index (χ1n) is 14.6. The Morgan fingerprint density at radius 3 is 2.24 bits per heavy atom. The molecule has 0 aliphatic carbocycles. The van der Waals surface area contributed by atoms with Gasteiger partial charge in [0.25, 0.3) is 11.8 Å². The Hall–Kier alpha value is -5.19. The van der Waals surface area contributed by atoms with E-state index in [1.54, 1.807) is 48.5 Å². The van der Waals surface area contributed by atoms with Crippen molar-refractivity contribution in [2.75, 3.05) is 23.0 Å². The number of hydrogen-bond donors (Lipinski definition) is 3. The van der Waals surface area contributed by atoms with Gasteiger partial charge in [0.05, 0.1) is 18.1 Å². The lowest BCUT2D eigenvalue weighted by molar-refractivity contribution is -0.114. The molecule has 0 bridgehead atoms. The quantitative estimate of drug-likeness (QED) is 0.0947. The monoisotopic (exact) mass is 648 g/mol. The second kappa shape index (κ2) is 15.7. The van der Waals surface area contributed by atoms with E-state index in [0.717, 1.165) is 21.0 Å². The highest BCUT2D eigenvalue weighted by Crippen LogP contribution is 2.30. The van der Waals surface area contributed by atoms with Crippen LogP contribution in [0.15, 0.2) is 120 Å². The Balaban J connectivity index is 1.22. The standard InChI is InChI=1S/C36H32N4O4S2/c1-3-44-31-17-11-10-16-27(31)22-30(38-34(42)26-14-8-5-9-15-26)35(43)37-28-18-20-29(21-19-28)45-23-32(41)39-36-40-33(24(2)46-36)25-12-6-4-7-13-25/h4-22H,3,23H2,1-2H3,(H,37,43)(H,38,42)(H,39,40,41)/b30-22-. The van der Waals surface area contributed by atoms with Crippen LogP contribution < -0.4 is 20.7 Å². The highest BCUT2D eigenvalue weighted by atomic mass is 32.2. The number of nitrogens with one attached hydrogen (secondary N) is 3. The number of benzene rings is 4. The molecule has 0 unspecified atom stereocenters. The molecular formula is C36H32N4O4S2. The number of carbonyl (C=O) groups excluding carboxylic acids is 3. The van der Waals surface area contributed by atoms with Crippen molar-refractivity contribution in [3.63, 3.8) is 0 Å². The minimum Gasteiger partial charge on any atom is -0.493 e. The topological polar surface area (TPSA) is 109 Å². The van der Waals surface area contributed by atoms with Crippen molar-refractivity contribution < 1.29 is 19.1 Å². The van der Waals surface area contributed by atoms with E-state index in [9.17, 15) is 14.4 Å². The van der Waals surface area contributed by atoms with Crippen LogP contribution in [0.5, 0.6) is 5.75 Å². The van der Waals surface area contributed by atoms with Crippen molar-refractivity contribution in [1.29, 1.82) is 0 Å². The Morgan fingerprint density at radius 2 is 1.52 bits per heavy atom. The molecule has 10 heteroatoms. The molecular weight excluding hydrogens is 617 g/mol. The number of hydrogen-bond acceptors (Lipinski definition) is 7. The lowest BCUT2D eigenvalue weighted by Gasteiger charge is -2.13. The molecule has 0 saturated carbocycles. The number of anilines is 2. The first kappa shape index (κ1) is 32.2. The molecule has 1 heterocycles. The van der Waals surface area contributed by atoms with Crippen molar-refractivity contribution in [2.45, 2.75) is 18.7 Å². The normalized spacial score (nSPS) is 11.0. The zero-order valence-corrected chi connectivity index (χ0v) is 26.9. The van der Waals surface area contributed by atoms with Gasteiger partial charge in [0, 0.05) is 32.2 Å². The van der Waals surface area contributed by atoms with Gasteiger partial charge in [-0.05, 0) is 62.4 Å². The van der Waals surface area contributed by atoms with Crippen molar-refractivity contribution in [3.05, 3.63) is 131 Å². The van der Waals surface area contributed by atoms with Gasteiger partial charge in [0.15, 0.2) is 5.13 Å². The molecule has 0 atom stereocenters. The second-order valence-electron chi connectivity index (χ2n) is 9.95. The zero-order chi connectivity index (χ0) is 32.3. The van der Waals surface area contributed by atoms with Crippen molar-refractivity contribution >= 4 is 57.7 Å². The van der Waals surface area contributed by atoms with Gasteiger partial charge < -0.3 is 20.7 Å². The number of para-hydroxylation sites is 1. The molecule has 3 N–H and O–H groups in total. The van der Waals surface area contributed by atoms with Crippen LogP contribution in [0.4, 0.5) is 10.8 Å². The van der Waals surface area contributed by atoms with Crippen LogP contribution in [-0.2, 0) is 9.59 Å². The molecule has 8 nitrogen and oxygen atoms in total. The molecule has 0 spiro atoms. The minimum atomic E-state index is -0.496. The average Bonchev–Trinajstić information content (AvgIpc) is 3.45. The maximum absolute atomic E-state index is 13.4. The third kappa shape index (κ3) is 8.71. The van der Waals surface area contributed by atoms with E-state index in [0.29, 0.717) is 34.3 Å². The summed E-state index contributed by atoms with van der Waals surface area (Å²) in [6.45, 7) is 4.32. The molecule has 1 aromatic heterocycles. The van der Waals surface area contributed by atoms with Crippen LogP contribution in [-0.4, -0.2) is 35.1 Å². The predicted octanol–water partition coefficient (Wildman–Crippen LogP) is 7.66. The molecule has 0 aliphatic rings. The first-order valence-corrected chi connectivity index (χ1v) is 16.4. The Labute approximate surface area is 275 Å². The summed E-state index contributed by atoms with van der Waals surface area (Å²) in [5, 5.41) is 9.06. The summed E-state index contributed by atoms with van der Waals surface area (Å²) in [5.41, 5.74) is 3.54. The van der Waals surface area contributed by atoms with Crippen LogP contribution in [0.2, 0.25) is 0 Å². The maximum atomic E-state index is 13.4. The maximum Gasteiger partial charge on any atom is 0.272 e. The number of thiazole rings is 1.